The summed E-state index contributed by atoms with van der Waals surface area (Å²) in [6, 6.07) is 0. The molecule has 0 saturated heterocycles. The number of ether oxygens (including phenoxy) is 1. The van der Waals surface area contributed by atoms with Crippen LogP contribution in [0.15, 0.2) is 0 Å². The molecule has 0 aliphatic rings. The molecule has 0 aliphatic heterocycles. The predicted molar refractivity (Wildman–Crippen MR) is 73.0 cm³/mol. The summed E-state index contributed by atoms with van der Waals surface area (Å²) in [6.45, 7) is 9.23. The minimum atomic E-state index is 0.0348. The molecule has 0 radical (unpaired) electrons. The Balaban J connectivity index is 3.93. The van der Waals surface area contributed by atoms with Gasteiger partial charge in [-0.25, -0.2) is 0 Å². The summed E-state index contributed by atoms with van der Waals surface area (Å²) in [4.78, 5) is 11.9. The van der Waals surface area contributed by atoms with Crippen LogP contribution in [-0.2, 0) is 9.53 Å². The number of carbonyl (C=O) groups is 1. The van der Waals surface area contributed by atoms with Crippen LogP contribution in [0.5, 0.6) is 0 Å². The summed E-state index contributed by atoms with van der Waals surface area (Å²) in [7, 11) is 0. The maximum Gasteiger partial charge on any atom is 0.308 e. The Hall–Kier alpha value is -0.530. The van der Waals surface area contributed by atoms with Crippen molar-refractivity contribution in [2.45, 2.75) is 72.6 Å². The van der Waals surface area contributed by atoms with Gasteiger partial charge in [0.15, 0.2) is 0 Å². The first kappa shape index (κ1) is 16.5. The second-order valence-corrected chi connectivity index (χ2v) is 5.33. The third kappa shape index (κ3) is 9.20. The maximum absolute atomic E-state index is 11.9. The van der Waals surface area contributed by atoms with Crippen LogP contribution in [0.3, 0.4) is 0 Å². The smallest absolute Gasteiger partial charge is 0.308 e. The van der Waals surface area contributed by atoms with E-state index in [0.717, 1.165) is 44.9 Å². The summed E-state index contributed by atoms with van der Waals surface area (Å²) < 4.78 is 5.37. The van der Waals surface area contributed by atoms with Crippen LogP contribution in [0.4, 0.5) is 0 Å². The van der Waals surface area contributed by atoms with E-state index in [-0.39, 0.29) is 11.9 Å². The van der Waals surface area contributed by atoms with E-state index in [2.05, 4.69) is 27.7 Å². The third-order valence-electron chi connectivity index (χ3n) is 3.09. The quantitative estimate of drug-likeness (QED) is 0.524. The van der Waals surface area contributed by atoms with Gasteiger partial charge in [0.1, 0.15) is 0 Å². The Morgan fingerprint density at radius 2 is 1.53 bits per heavy atom. The normalized spacial score (nSPS) is 11.2. The topological polar surface area (TPSA) is 26.3 Å². The Labute approximate surface area is 107 Å². The molecule has 2 nitrogen and oxygen atoms in total. The fourth-order valence-electron chi connectivity index (χ4n) is 1.79. The van der Waals surface area contributed by atoms with Gasteiger partial charge in [0.05, 0.1) is 12.5 Å². The second kappa shape index (κ2) is 10.6. The minimum Gasteiger partial charge on any atom is -0.465 e. The standard InChI is InChI=1S/C15H30O2/c1-5-7-9-14(10-8-6-2)15(16)17-12-11-13(3)4/h13-14H,5-12H2,1-4H3. The fourth-order valence-corrected chi connectivity index (χ4v) is 1.79. The zero-order chi connectivity index (χ0) is 13.1. The average Bonchev–Trinajstić information content (AvgIpc) is 2.28. The summed E-state index contributed by atoms with van der Waals surface area (Å²) in [5, 5.41) is 0. The molecule has 0 saturated carbocycles. The average molecular weight is 242 g/mol. The van der Waals surface area contributed by atoms with Gasteiger partial charge in [0, 0.05) is 0 Å². The molecule has 17 heavy (non-hydrogen) atoms. The Bertz CT molecular complexity index is 179. The van der Waals surface area contributed by atoms with Crippen molar-refractivity contribution in [2.75, 3.05) is 6.61 Å². The Morgan fingerprint density at radius 3 is 1.94 bits per heavy atom. The monoisotopic (exact) mass is 242 g/mol. The number of esters is 1. The highest BCUT2D eigenvalue weighted by atomic mass is 16.5. The Morgan fingerprint density at radius 1 is 1.00 bits per heavy atom. The molecule has 2 heteroatoms. The van der Waals surface area contributed by atoms with Crippen LogP contribution in [0, 0.1) is 11.8 Å². The largest absolute Gasteiger partial charge is 0.465 e. The fraction of sp³-hybridized carbons (Fsp3) is 0.933. The second-order valence-electron chi connectivity index (χ2n) is 5.33. The molecule has 0 aliphatic carbocycles. The van der Waals surface area contributed by atoms with E-state index in [1.807, 2.05) is 0 Å². The van der Waals surface area contributed by atoms with E-state index in [9.17, 15) is 4.79 Å². The number of hydrogen-bond donors (Lipinski definition) is 0. The first-order chi connectivity index (χ1) is 8.11. The molecular formula is C15H30O2. The lowest BCUT2D eigenvalue weighted by Gasteiger charge is -2.15. The van der Waals surface area contributed by atoms with Crippen molar-refractivity contribution >= 4 is 5.97 Å². The molecular weight excluding hydrogens is 212 g/mol. The van der Waals surface area contributed by atoms with E-state index >= 15 is 0 Å². The zero-order valence-electron chi connectivity index (χ0n) is 12.1. The van der Waals surface area contributed by atoms with E-state index in [1.165, 1.54) is 0 Å². The Kier molecular flexibility index (Phi) is 10.3. The molecule has 0 aromatic carbocycles. The molecule has 0 atom stereocenters. The summed E-state index contributed by atoms with van der Waals surface area (Å²) in [6.07, 6.45) is 7.54. The molecule has 0 unspecified atom stereocenters. The lowest BCUT2D eigenvalue weighted by Crippen LogP contribution is -2.19. The highest BCUT2D eigenvalue weighted by molar-refractivity contribution is 5.72. The zero-order valence-corrected chi connectivity index (χ0v) is 12.1. The van der Waals surface area contributed by atoms with Crippen LogP contribution in [-0.4, -0.2) is 12.6 Å². The molecule has 0 rings (SSSR count). The van der Waals surface area contributed by atoms with Crippen LogP contribution < -0.4 is 0 Å². The molecule has 0 fully saturated rings. The minimum absolute atomic E-state index is 0.0348. The van der Waals surface area contributed by atoms with Crippen molar-refractivity contribution in [3.8, 4) is 0 Å². The number of unbranched alkanes of at least 4 members (excludes halogenated alkanes) is 2. The van der Waals surface area contributed by atoms with Crippen molar-refractivity contribution in [3.63, 3.8) is 0 Å². The van der Waals surface area contributed by atoms with Gasteiger partial charge >= 0.3 is 5.97 Å². The molecule has 0 N–H and O–H groups in total. The van der Waals surface area contributed by atoms with Crippen molar-refractivity contribution in [1.82, 2.24) is 0 Å². The first-order valence-electron chi connectivity index (χ1n) is 7.28. The lowest BCUT2D eigenvalue weighted by atomic mass is 9.96. The van der Waals surface area contributed by atoms with Gasteiger partial charge in [-0.2, -0.15) is 0 Å². The number of hydrogen-bond acceptors (Lipinski definition) is 2. The van der Waals surface area contributed by atoms with Crippen LogP contribution >= 0.6 is 0 Å². The molecule has 0 spiro atoms. The molecule has 0 aromatic rings. The van der Waals surface area contributed by atoms with E-state index in [1.54, 1.807) is 0 Å². The van der Waals surface area contributed by atoms with Gasteiger partial charge in [-0.1, -0.05) is 53.4 Å². The highest BCUT2D eigenvalue weighted by Gasteiger charge is 2.18. The molecule has 0 heterocycles. The summed E-state index contributed by atoms with van der Waals surface area (Å²) >= 11 is 0. The van der Waals surface area contributed by atoms with Gasteiger partial charge in [0.25, 0.3) is 0 Å². The van der Waals surface area contributed by atoms with Crippen LogP contribution in [0.25, 0.3) is 0 Å². The SMILES string of the molecule is CCCCC(CCCC)C(=O)OCCC(C)C. The lowest BCUT2D eigenvalue weighted by molar-refractivity contribution is -0.149. The summed E-state index contributed by atoms with van der Waals surface area (Å²) in [5.74, 6) is 0.780. The first-order valence-corrected chi connectivity index (χ1v) is 7.28. The van der Waals surface area contributed by atoms with Crippen LogP contribution in [0.1, 0.15) is 72.6 Å². The van der Waals surface area contributed by atoms with Gasteiger partial charge < -0.3 is 4.74 Å². The van der Waals surface area contributed by atoms with Crippen molar-refractivity contribution in [2.24, 2.45) is 11.8 Å². The van der Waals surface area contributed by atoms with Gasteiger partial charge in [-0.3, -0.25) is 4.79 Å². The summed E-state index contributed by atoms with van der Waals surface area (Å²) in [5.41, 5.74) is 0. The van der Waals surface area contributed by atoms with Gasteiger partial charge in [0.2, 0.25) is 0 Å². The maximum atomic E-state index is 11.9. The van der Waals surface area contributed by atoms with Gasteiger partial charge in [-0.15, -0.1) is 0 Å². The van der Waals surface area contributed by atoms with E-state index < -0.39 is 0 Å². The van der Waals surface area contributed by atoms with Crippen molar-refractivity contribution in [1.29, 1.82) is 0 Å². The van der Waals surface area contributed by atoms with Crippen LogP contribution in [0.2, 0.25) is 0 Å². The molecule has 0 aromatic heterocycles. The van der Waals surface area contributed by atoms with Gasteiger partial charge in [-0.05, 0) is 25.2 Å². The predicted octanol–water partition coefficient (Wildman–Crippen LogP) is 4.57. The molecule has 102 valence electrons. The number of rotatable bonds is 10. The van der Waals surface area contributed by atoms with E-state index in [0.29, 0.717) is 12.5 Å². The van der Waals surface area contributed by atoms with Crippen molar-refractivity contribution in [3.05, 3.63) is 0 Å². The number of carbonyl (C=O) groups excluding carboxylic acids is 1. The van der Waals surface area contributed by atoms with E-state index in [4.69, 9.17) is 4.74 Å². The van der Waals surface area contributed by atoms with Crippen molar-refractivity contribution < 1.29 is 9.53 Å². The molecule has 0 amide bonds. The molecule has 0 bridgehead atoms. The highest BCUT2D eigenvalue weighted by Crippen LogP contribution is 2.18. The third-order valence-corrected chi connectivity index (χ3v) is 3.09.